The molecule has 1 fully saturated rings. The van der Waals surface area contributed by atoms with Gasteiger partial charge in [-0.05, 0) is 94.9 Å². The first-order chi connectivity index (χ1) is 16.9. The highest BCUT2D eigenvalue weighted by molar-refractivity contribution is 14.1. The zero-order chi connectivity index (χ0) is 24.9. The number of amides is 2. The second kappa shape index (κ2) is 11.4. The lowest BCUT2D eigenvalue weighted by molar-refractivity contribution is -0.113. The summed E-state index contributed by atoms with van der Waals surface area (Å²) in [4.78, 5) is 27.3. The molecule has 1 heterocycles. The number of anilines is 1. The Morgan fingerprint density at radius 2 is 1.77 bits per heavy atom. The number of ether oxygens (including phenoxy) is 3. The van der Waals surface area contributed by atoms with Crippen molar-refractivity contribution >= 4 is 68.9 Å². The zero-order valence-corrected chi connectivity index (χ0v) is 22.6. The highest BCUT2D eigenvalue weighted by atomic mass is 127. The van der Waals surface area contributed by atoms with Gasteiger partial charge in [0, 0.05) is 5.02 Å². The van der Waals surface area contributed by atoms with Crippen molar-refractivity contribution in [3.05, 3.63) is 85.3 Å². The third kappa shape index (κ3) is 5.76. The molecule has 0 bridgehead atoms. The zero-order valence-electron chi connectivity index (χ0n) is 18.9. The van der Waals surface area contributed by atoms with E-state index in [4.69, 9.17) is 25.8 Å². The van der Waals surface area contributed by atoms with Gasteiger partial charge in [-0.25, -0.2) is 4.90 Å². The fourth-order valence-electron chi connectivity index (χ4n) is 3.45. The Hall–Kier alpha value is -2.69. The Bertz CT molecular complexity index is 1300. The van der Waals surface area contributed by atoms with Crippen molar-refractivity contribution in [1.29, 1.82) is 0 Å². The lowest BCUT2D eigenvalue weighted by atomic mass is 10.1. The molecule has 0 unspecified atom stereocenters. The van der Waals surface area contributed by atoms with E-state index in [1.807, 2.05) is 37.3 Å². The predicted molar refractivity (Wildman–Crippen MR) is 148 cm³/mol. The van der Waals surface area contributed by atoms with Gasteiger partial charge in [-0.15, -0.1) is 0 Å². The van der Waals surface area contributed by atoms with Crippen LogP contribution in [0.1, 0.15) is 18.1 Å². The summed E-state index contributed by atoms with van der Waals surface area (Å²) in [5.74, 6) is 1.22. The number of hydrogen-bond acceptors (Lipinski definition) is 6. The quantitative estimate of drug-likeness (QED) is 0.196. The van der Waals surface area contributed by atoms with Crippen LogP contribution in [0.5, 0.6) is 17.2 Å². The fourth-order valence-corrected chi connectivity index (χ4v) is 5.19. The molecule has 1 saturated heterocycles. The Morgan fingerprint density at radius 3 is 2.49 bits per heavy atom. The average molecular weight is 622 g/mol. The molecule has 0 aromatic heterocycles. The molecule has 4 rings (SSSR count). The van der Waals surface area contributed by atoms with Crippen molar-refractivity contribution in [2.45, 2.75) is 13.5 Å². The van der Waals surface area contributed by atoms with Gasteiger partial charge in [0.1, 0.15) is 12.4 Å². The molecule has 0 spiro atoms. The van der Waals surface area contributed by atoms with Crippen LogP contribution in [0.3, 0.4) is 0 Å². The van der Waals surface area contributed by atoms with Gasteiger partial charge in [0.25, 0.3) is 11.1 Å². The van der Waals surface area contributed by atoms with Crippen molar-refractivity contribution in [3.8, 4) is 17.2 Å². The summed E-state index contributed by atoms with van der Waals surface area (Å²) >= 11 is 9.03. The molecule has 0 N–H and O–H groups in total. The van der Waals surface area contributed by atoms with Gasteiger partial charge in [0.2, 0.25) is 0 Å². The number of methoxy groups -OCH3 is 1. The fraction of sp³-hybridized carbons (Fsp3) is 0.154. The number of halogens is 2. The second-order valence-electron chi connectivity index (χ2n) is 7.37. The molecule has 35 heavy (non-hydrogen) atoms. The number of nitrogens with zero attached hydrogens (tertiary/aromatic N) is 1. The first-order valence-electron chi connectivity index (χ1n) is 10.7. The Morgan fingerprint density at radius 1 is 1.03 bits per heavy atom. The van der Waals surface area contributed by atoms with Crippen LogP contribution >= 0.6 is 46.0 Å². The molecule has 1 aliphatic heterocycles. The van der Waals surface area contributed by atoms with E-state index in [2.05, 4.69) is 22.6 Å². The molecule has 0 atom stereocenters. The van der Waals surface area contributed by atoms with Crippen LogP contribution in [0, 0.1) is 3.57 Å². The number of imide groups is 1. The summed E-state index contributed by atoms with van der Waals surface area (Å²) in [5, 5.41) is 0.284. The smallest absolute Gasteiger partial charge is 0.298 e. The van der Waals surface area contributed by atoms with E-state index in [0.29, 0.717) is 46.1 Å². The first kappa shape index (κ1) is 25.4. The molecule has 0 radical (unpaired) electrons. The summed E-state index contributed by atoms with van der Waals surface area (Å²) in [6, 6.07) is 18.1. The molecule has 1 aliphatic rings. The van der Waals surface area contributed by atoms with E-state index in [1.165, 1.54) is 7.11 Å². The number of rotatable bonds is 8. The van der Waals surface area contributed by atoms with Gasteiger partial charge >= 0.3 is 0 Å². The van der Waals surface area contributed by atoms with Gasteiger partial charge in [0.05, 0.1) is 27.9 Å². The van der Waals surface area contributed by atoms with Gasteiger partial charge in [-0.2, -0.15) is 0 Å². The standard InChI is InChI=1S/C26H21ClINO5S/c1-3-33-22-13-17(12-19(28)24(22)34-15-16-8-10-18(27)11-9-16)14-23-25(30)29(26(31)35-23)20-6-4-5-7-21(20)32-2/h4-14H,3,15H2,1-2H3/b23-14-. The van der Waals surface area contributed by atoms with Gasteiger partial charge in [0.15, 0.2) is 11.5 Å². The predicted octanol–water partition coefficient (Wildman–Crippen LogP) is 7.17. The van der Waals surface area contributed by atoms with Crippen LogP contribution in [0.4, 0.5) is 10.5 Å². The molecule has 6 nitrogen and oxygen atoms in total. The molecule has 0 saturated carbocycles. The van der Waals surface area contributed by atoms with Crippen molar-refractivity contribution in [2.75, 3.05) is 18.6 Å². The molecule has 3 aromatic carbocycles. The number of carbonyl (C=O) groups excluding carboxylic acids is 2. The monoisotopic (exact) mass is 621 g/mol. The van der Waals surface area contributed by atoms with E-state index in [9.17, 15) is 9.59 Å². The Balaban J connectivity index is 1.61. The summed E-state index contributed by atoms with van der Waals surface area (Å²) in [5.41, 5.74) is 2.11. The van der Waals surface area contributed by atoms with Gasteiger partial charge in [-0.1, -0.05) is 35.9 Å². The number of hydrogen-bond donors (Lipinski definition) is 0. The number of thioether (sulfide) groups is 1. The molecule has 2 amide bonds. The maximum atomic E-state index is 13.1. The summed E-state index contributed by atoms with van der Waals surface area (Å²) in [6.07, 6.45) is 1.69. The molecule has 0 aliphatic carbocycles. The van der Waals surface area contributed by atoms with Crippen molar-refractivity contribution < 1.29 is 23.8 Å². The number of para-hydroxylation sites is 2. The van der Waals surface area contributed by atoms with Crippen LogP contribution < -0.4 is 19.1 Å². The Kier molecular flexibility index (Phi) is 8.25. The third-order valence-corrected chi connectivity index (χ3v) is 6.97. The largest absolute Gasteiger partial charge is 0.495 e. The topological polar surface area (TPSA) is 65.1 Å². The van der Waals surface area contributed by atoms with Crippen LogP contribution in [0.15, 0.2) is 65.6 Å². The van der Waals surface area contributed by atoms with Crippen LogP contribution in [-0.4, -0.2) is 24.9 Å². The summed E-state index contributed by atoms with van der Waals surface area (Å²) in [6.45, 7) is 2.69. The number of benzene rings is 3. The van der Waals surface area contributed by atoms with E-state index in [1.54, 1.807) is 36.4 Å². The highest BCUT2D eigenvalue weighted by Crippen LogP contribution is 2.41. The number of carbonyl (C=O) groups is 2. The minimum absolute atomic E-state index is 0.314. The molecule has 3 aromatic rings. The second-order valence-corrected chi connectivity index (χ2v) is 9.96. The summed E-state index contributed by atoms with van der Waals surface area (Å²) < 4.78 is 18.0. The Labute approximate surface area is 226 Å². The lowest BCUT2D eigenvalue weighted by Crippen LogP contribution is -2.28. The average Bonchev–Trinajstić information content (AvgIpc) is 3.12. The van der Waals surface area contributed by atoms with Crippen molar-refractivity contribution in [3.63, 3.8) is 0 Å². The summed E-state index contributed by atoms with van der Waals surface area (Å²) in [7, 11) is 1.50. The van der Waals surface area contributed by atoms with Crippen molar-refractivity contribution in [2.24, 2.45) is 0 Å². The van der Waals surface area contributed by atoms with E-state index in [0.717, 1.165) is 31.4 Å². The normalized spacial score (nSPS) is 14.5. The molecule has 9 heteroatoms. The van der Waals surface area contributed by atoms with Crippen LogP contribution in [0.25, 0.3) is 6.08 Å². The molecular weight excluding hydrogens is 601 g/mol. The lowest BCUT2D eigenvalue weighted by Gasteiger charge is -2.16. The first-order valence-corrected chi connectivity index (χ1v) is 12.9. The maximum absolute atomic E-state index is 13.1. The van der Waals surface area contributed by atoms with E-state index in [-0.39, 0.29) is 5.24 Å². The van der Waals surface area contributed by atoms with E-state index < -0.39 is 5.91 Å². The van der Waals surface area contributed by atoms with Crippen LogP contribution in [-0.2, 0) is 11.4 Å². The van der Waals surface area contributed by atoms with Gasteiger partial charge < -0.3 is 14.2 Å². The van der Waals surface area contributed by atoms with Gasteiger partial charge in [-0.3, -0.25) is 9.59 Å². The third-order valence-electron chi connectivity index (χ3n) is 5.05. The maximum Gasteiger partial charge on any atom is 0.298 e. The minimum Gasteiger partial charge on any atom is -0.495 e. The molecule has 180 valence electrons. The minimum atomic E-state index is -0.402. The van der Waals surface area contributed by atoms with E-state index >= 15 is 0 Å². The SMILES string of the molecule is CCOc1cc(/C=C2\SC(=O)N(c3ccccc3OC)C2=O)cc(I)c1OCc1ccc(Cl)cc1. The van der Waals surface area contributed by atoms with Crippen molar-refractivity contribution in [1.82, 2.24) is 0 Å². The highest BCUT2D eigenvalue weighted by Gasteiger charge is 2.37. The van der Waals surface area contributed by atoms with Crippen LogP contribution in [0.2, 0.25) is 5.02 Å². The molecular formula is C26H21ClINO5S.